The monoisotopic (exact) mass is 344 g/mol. The summed E-state index contributed by atoms with van der Waals surface area (Å²) >= 11 is 1.39. The molecule has 8 heteroatoms. The van der Waals surface area contributed by atoms with Crippen LogP contribution in [0, 0.1) is 0 Å². The Hall–Kier alpha value is -3.00. The van der Waals surface area contributed by atoms with Gasteiger partial charge < -0.3 is 10.2 Å². The molecule has 0 aliphatic carbocycles. The van der Waals surface area contributed by atoms with E-state index in [4.69, 9.17) is 4.84 Å². The average Bonchev–Trinajstić information content (AvgIpc) is 3.19. The molecule has 1 aliphatic rings. The fourth-order valence-electron chi connectivity index (χ4n) is 2.17. The zero-order valence-electron chi connectivity index (χ0n) is 12.4. The van der Waals surface area contributed by atoms with Crippen LogP contribution in [0.2, 0.25) is 0 Å². The molecular formula is C16H12N2O5S. The highest BCUT2D eigenvalue weighted by Crippen LogP contribution is 2.22. The molecule has 0 radical (unpaired) electrons. The maximum atomic E-state index is 12.0. The van der Waals surface area contributed by atoms with Crippen LogP contribution in [-0.4, -0.2) is 35.3 Å². The summed E-state index contributed by atoms with van der Waals surface area (Å²) in [6.45, 7) is 0.0384. The van der Waals surface area contributed by atoms with E-state index in [2.05, 4.69) is 5.32 Å². The molecule has 2 aromatic rings. The number of amides is 3. The first kappa shape index (κ1) is 15.9. The Balaban J connectivity index is 1.52. The zero-order chi connectivity index (χ0) is 17.1. The molecule has 0 saturated heterocycles. The molecule has 24 heavy (non-hydrogen) atoms. The van der Waals surface area contributed by atoms with Gasteiger partial charge >= 0.3 is 5.97 Å². The lowest BCUT2D eigenvalue weighted by atomic mass is 10.1. The fraction of sp³-hybridized carbons (Fsp3) is 0.125. The number of benzene rings is 1. The zero-order valence-corrected chi connectivity index (χ0v) is 13.2. The summed E-state index contributed by atoms with van der Waals surface area (Å²) in [5.74, 6) is -2.43. The summed E-state index contributed by atoms with van der Waals surface area (Å²) in [4.78, 5) is 52.4. The second-order valence-corrected chi connectivity index (χ2v) is 5.71. The van der Waals surface area contributed by atoms with Gasteiger partial charge in [0.2, 0.25) is 0 Å². The van der Waals surface area contributed by atoms with Crippen molar-refractivity contribution >= 4 is 35.0 Å². The molecule has 0 fully saturated rings. The van der Waals surface area contributed by atoms with E-state index in [1.165, 1.54) is 23.5 Å². The summed E-state index contributed by atoms with van der Waals surface area (Å²) in [5.41, 5.74) is 0.899. The molecular weight excluding hydrogens is 332 g/mol. The van der Waals surface area contributed by atoms with Crippen LogP contribution in [0.4, 0.5) is 0 Å². The molecule has 1 aromatic carbocycles. The molecule has 1 aromatic heterocycles. The highest BCUT2D eigenvalue weighted by molar-refractivity contribution is 7.08. The Kier molecular flexibility index (Phi) is 4.39. The maximum Gasteiger partial charge on any atom is 0.335 e. The van der Waals surface area contributed by atoms with E-state index in [0.717, 1.165) is 0 Å². The van der Waals surface area contributed by atoms with E-state index < -0.39 is 17.8 Å². The molecule has 1 N–H and O–H groups in total. The average molecular weight is 344 g/mol. The quantitative estimate of drug-likeness (QED) is 0.832. The van der Waals surface area contributed by atoms with Gasteiger partial charge in [0, 0.05) is 17.5 Å². The van der Waals surface area contributed by atoms with Crippen molar-refractivity contribution in [1.82, 2.24) is 10.4 Å². The van der Waals surface area contributed by atoms with Crippen molar-refractivity contribution in [2.24, 2.45) is 0 Å². The van der Waals surface area contributed by atoms with Gasteiger partial charge in [0.25, 0.3) is 17.7 Å². The van der Waals surface area contributed by atoms with E-state index in [1.807, 2.05) is 0 Å². The van der Waals surface area contributed by atoms with Crippen LogP contribution >= 0.6 is 11.3 Å². The van der Waals surface area contributed by atoms with Crippen molar-refractivity contribution < 1.29 is 24.0 Å². The van der Waals surface area contributed by atoms with Crippen LogP contribution in [0.25, 0.3) is 0 Å². The normalized spacial score (nSPS) is 12.9. The Bertz CT molecular complexity index is 781. The van der Waals surface area contributed by atoms with Crippen LogP contribution in [0.5, 0.6) is 0 Å². The number of fused-ring (bicyclic) bond motifs is 1. The van der Waals surface area contributed by atoms with Crippen LogP contribution < -0.4 is 5.32 Å². The lowest BCUT2D eigenvalue weighted by molar-refractivity contribution is -0.168. The van der Waals surface area contributed by atoms with Crippen LogP contribution in [0.3, 0.4) is 0 Å². The van der Waals surface area contributed by atoms with Crippen molar-refractivity contribution in [3.63, 3.8) is 0 Å². The number of thiophene rings is 1. The third-order valence-corrected chi connectivity index (χ3v) is 4.03. The van der Waals surface area contributed by atoms with Gasteiger partial charge in [-0.15, -0.1) is 0 Å². The molecule has 0 unspecified atom stereocenters. The number of nitrogens with one attached hydrogen (secondary N) is 1. The molecule has 7 nitrogen and oxygen atoms in total. The van der Waals surface area contributed by atoms with Gasteiger partial charge in [-0.3, -0.25) is 14.4 Å². The van der Waals surface area contributed by atoms with E-state index >= 15 is 0 Å². The number of rotatable bonds is 5. The molecule has 0 atom stereocenters. The molecule has 2 heterocycles. The van der Waals surface area contributed by atoms with Gasteiger partial charge in [-0.05, 0) is 23.6 Å². The van der Waals surface area contributed by atoms with Crippen molar-refractivity contribution in [2.75, 3.05) is 6.54 Å². The third kappa shape index (κ3) is 3.04. The lowest BCUT2D eigenvalue weighted by Crippen LogP contribution is -2.34. The highest BCUT2D eigenvalue weighted by Gasteiger charge is 2.38. The molecule has 3 rings (SSSR count). The minimum absolute atomic E-state index is 0.0384. The van der Waals surface area contributed by atoms with Crippen molar-refractivity contribution in [2.45, 2.75) is 6.42 Å². The molecule has 0 bridgehead atoms. The van der Waals surface area contributed by atoms with E-state index in [-0.39, 0.29) is 30.0 Å². The van der Waals surface area contributed by atoms with Gasteiger partial charge in [-0.2, -0.15) is 11.3 Å². The Morgan fingerprint density at radius 1 is 1.08 bits per heavy atom. The number of carbonyl (C=O) groups excluding carboxylic acids is 4. The minimum Gasteiger partial charge on any atom is -0.351 e. The fourth-order valence-corrected chi connectivity index (χ4v) is 2.81. The van der Waals surface area contributed by atoms with Gasteiger partial charge in [-0.1, -0.05) is 17.2 Å². The predicted octanol–water partition coefficient (Wildman–Crippen LogP) is 1.62. The number of hydrogen-bond donors (Lipinski definition) is 1. The number of hydrogen-bond acceptors (Lipinski definition) is 6. The first-order valence-corrected chi connectivity index (χ1v) is 8.01. The highest BCUT2D eigenvalue weighted by atomic mass is 32.1. The van der Waals surface area contributed by atoms with Gasteiger partial charge in [0.05, 0.1) is 17.5 Å². The second kappa shape index (κ2) is 6.63. The van der Waals surface area contributed by atoms with Crippen molar-refractivity contribution in [1.29, 1.82) is 0 Å². The Morgan fingerprint density at radius 3 is 2.33 bits per heavy atom. The smallest absolute Gasteiger partial charge is 0.335 e. The molecule has 3 amide bonds. The topological polar surface area (TPSA) is 92.8 Å². The Morgan fingerprint density at radius 2 is 1.75 bits per heavy atom. The van der Waals surface area contributed by atoms with Gasteiger partial charge in [0.1, 0.15) is 0 Å². The number of nitrogens with zero attached hydrogens (tertiary/aromatic N) is 1. The van der Waals surface area contributed by atoms with Crippen molar-refractivity contribution in [3.8, 4) is 0 Å². The van der Waals surface area contributed by atoms with E-state index in [0.29, 0.717) is 10.6 Å². The largest absolute Gasteiger partial charge is 0.351 e. The molecule has 1 aliphatic heterocycles. The number of hydroxylamine groups is 2. The third-order valence-electron chi connectivity index (χ3n) is 3.35. The van der Waals surface area contributed by atoms with Crippen molar-refractivity contribution in [3.05, 3.63) is 57.8 Å². The number of imide groups is 1. The summed E-state index contributed by atoms with van der Waals surface area (Å²) in [6.07, 6.45) is -0.163. The standard InChI is InChI=1S/C16H12N2O5S/c19-13(5-7-17-14(20)10-6-8-24-9-10)23-18-15(21)11-3-1-2-4-12(11)16(18)22/h1-4,6,8-9H,5,7H2,(H,17,20). The van der Waals surface area contributed by atoms with E-state index in [1.54, 1.807) is 29.0 Å². The van der Waals surface area contributed by atoms with Gasteiger partial charge in [0.15, 0.2) is 0 Å². The lowest BCUT2D eigenvalue weighted by Gasteiger charge is -2.12. The van der Waals surface area contributed by atoms with E-state index in [9.17, 15) is 19.2 Å². The predicted molar refractivity (Wildman–Crippen MR) is 84.3 cm³/mol. The summed E-state index contributed by atoms with van der Waals surface area (Å²) in [5, 5.41) is 6.47. The van der Waals surface area contributed by atoms with Crippen LogP contribution in [0.15, 0.2) is 41.1 Å². The number of carbonyl (C=O) groups is 4. The first-order valence-electron chi connectivity index (χ1n) is 7.07. The maximum absolute atomic E-state index is 12.0. The van der Waals surface area contributed by atoms with Crippen LogP contribution in [0.1, 0.15) is 37.5 Å². The molecule has 0 spiro atoms. The molecule has 0 saturated carbocycles. The van der Waals surface area contributed by atoms with Gasteiger partial charge in [-0.25, -0.2) is 4.79 Å². The summed E-state index contributed by atoms with van der Waals surface area (Å²) in [6, 6.07) is 7.89. The summed E-state index contributed by atoms with van der Waals surface area (Å²) < 4.78 is 0. The van der Waals surface area contributed by atoms with Crippen LogP contribution in [-0.2, 0) is 9.63 Å². The molecule has 122 valence electrons. The first-order chi connectivity index (χ1) is 11.6. The Labute approximate surface area is 140 Å². The SMILES string of the molecule is O=C(CCNC(=O)c1ccsc1)ON1C(=O)c2ccccc2C1=O. The minimum atomic E-state index is -0.782. The second-order valence-electron chi connectivity index (χ2n) is 4.93. The summed E-state index contributed by atoms with van der Waals surface area (Å²) in [7, 11) is 0.